The van der Waals surface area contributed by atoms with Gasteiger partial charge in [0.05, 0.1) is 0 Å². The zero-order chi connectivity index (χ0) is 23.3. The molecular weight excluding hydrogens is 426 g/mol. The summed E-state index contributed by atoms with van der Waals surface area (Å²) in [5.74, 6) is -3.05. The third-order valence-corrected chi connectivity index (χ3v) is 5.13. The summed E-state index contributed by atoms with van der Waals surface area (Å²) in [5.41, 5.74) is 2.19. The molecule has 3 aromatic rings. The molecule has 0 aliphatic carbocycles. The van der Waals surface area contributed by atoms with Gasteiger partial charge in [-0.1, -0.05) is 49.7 Å². The lowest BCUT2D eigenvalue weighted by molar-refractivity contribution is -0.0790. The highest BCUT2D eigenvalue weighted by Crippen LogP contribution is 2.29. The Kier molecular flexibility index (Phi) is 7.44. The molecule has 0 bridgehead atoms. The van der Waals surface area contributed by atoms with Crippen molar-refractivity contribution in [3.8, 4) is 11.1 Å². The number of alkyl halides is 3. The third kappa shape index (κ3) is 6.25. The normalized spacial score (nSPS) is 12.0. The van der Waals surface area contributed by atoms with E-state index in [0.29, 0.717) is 18.9 Å². The van der Waals surface area contributed by atoms with Gasteiger partial charge < -0.3 is 0 Å². The van der Waals surface area contributed by atoms with Crippen LogP contribution in [0.5, 0.6) is 0 Å². The van der Waals surface area contributed by atoms with Crippen molar-refractivity contribution in [1.82, 2.24) is 0 Å². The number of halogens is 6. The zero-order valence-electron chi connectivity index (χ0n) is 17.4. The van der Waals surface area contributed by atoms with Crippen LogP contribution in [0.15, 0.2) is 60.7 Å². The third-order valence-electron chi connectivity index (χ3n) is 5.13. The van der Waals surface area contributed by atoms with Crippen LogP contribution in [0.1, 0.15) is 35.6 Å². The summed E-state index contributed by atoms with van der Waals surface area (Å²) in [6, 6.07) is 14.3. The largest absolute Gasteiger partial charge is 0.409 e. The highest BCUT2D eigenvalue weighted by molar-refractivity contribution is 5.67. The minimum absolute atomic E-state index is 0.0261. The van der Waals surface area contributed by atoms with E-state index in [9.17, 15) is 26.3 Å². The van der Waals surface area contributed by atoms with E-state index in [4.69, 9.17) is 0 Å². The number of benzene rings is 3. The van der Waals surface area contributed by atoms with Gasteiger partial charge in [-0.3, -0.25) is 0 Å². The second-order valence-electron chi connectivity index (χ2n) is 7.61. The van der Waals surface area contributed by atoms with E-state index < -0.39 is 29.2 Å². The number of hydrogen-bond donors (Lipinski definition) is 0. The first kappa shape index (κ1) is 23.6. The molecular formula is C26H22F6. The Bertz CT molecular complexity index is 1070. The predicted molar refractivity (Wildman–Crippen MR) is 115 cm³/mol. The van der Waals surface area contributed by atoms with Crippen LogP contribution in [0.4, 0.5) is 26.3 Å². The second-order valence-corrected chi connectivity index (χ2v) is 7.61. The van der Waals surface area contributed by atoms with Gasteiger partial charge in [0.1, 0.15) is 17.5 Å². The Morgan fingerprint density at radius 3 is 1.75 bits per heavy atom. The molecule has 0 spiro atoms. The summed E-state index contributed by atoms with van der Waals surface area (Å²) in [5, 5.41) is 0. The van der Waals surface area contributed by atoms with Crippen LogP contribution in [-0.2, 0) is 19.3 Å². The predicted octanol–water partition coefficient (Wildman–Crippen LogP) is 8.08. The van der Waals surface area contributed by atoms with Gasteiger partial charge in [0.2, 0.25) is 0 Å². The first-order valence-corrected chi connectivity index (χ1v) is 10.3. The summed E-state index contributed by atoms with van der Waals surface area (Å²) in [7, 11) is 0. The number of hydrogen-bond acceptors (Lipinski definition) is 0. The van der Waals surface area contributed by atoms with Crippen LogP contribution in [0.3, 0.4) is 0 Å². The maximum Gasteiger partial charge on any atom is 0.409 e. The van der Waals surface area contributed by atoms with Gasteiger partial charge in [-0.05, 0) is 65.8 Å². The minimum Gasteiger partial charge on any atom is -0.206 e. The summed E-state index contributed by atoms with van der Waals surface area (Å²) >= 11 is 0. The molecule has 168 valence electrons. The Labute approximate surface area is 183 Å². The average Bonchev–Trinajstić information content (AvgIpc) is 2.72. The average molecular weight is 448 g/mol. The van der Waals surface area contributed by atoms with Gasteiger partial charge >= 0.3 is 6.18 Å². The maximum absolute atomic E-state index is 14.7. The molecule has 0 aromatic heterocycles. The Morgan fingerprint density at radius 2 is 1.22 bits per heavy atom. The van der Waals surface area contributed by atoms with Crippen molar-refractivity contribution in [2.45, 2.75) is 38.8 Å². The first-order valence-electron chi connectivity index (χ1n) is 10.3. The summed E-state index contributed by atoms with van der Waals surface area (Å²) in [6.07, 6.45) is -1.22. The number of aryl methyl sites for hydroxylation is 3. The zero-order valence-corrected chi connectivity index (χ0v) is 17.4. The fourth-order valence-electron chi connectivity index (χ4n) is 3.48. The highest BCUT2D eigenvalue weighted by Gasteiger charge is 2.23. The Balaban J connectivity index is 1.75. The molecule has 0 saturated heterocycles. The molecule has 0 nitrogen and oxygen atoms in total. The quantitative estimate of drug-likeness (QED) is 0.321. The van der Waals surface area contributed by atoms with E-state index in [1.54, 1.807) is 6.07 Å². The topological polar surface area (TPSA) is 0 Å². The van der Waals surface area contributed by atoms with Gasteiger partial charge in [0, 0.05) is 17.2 Å². The van der Waals surface area contributed by atoms with Crippen LogP contribution in [0, 0.1) is 17.5 Å². The monoisotopic (exact) mass is 448 g/mol. The van der Waals surface area contributed by atoms with E-state index in [1.807, 2.05) is 0 Å². The van der Waals surface area contributed by atoms with E-state index >= 15 is 0 Å². The van der Waals surface area contributed by atoms with Gasteiger partial charge in [-0.15, -0.1) is 0 Å². The number of allylic oxidation sites excluding steroid dienone is 1. The molecule has 0 aliphatic heterocycles. The number of rotatable bonds is 7. The molecule has 0 aliphatic rings. The van der Waals surface area contributed by atoms with Crippen LogP contribution in [-0.4, -0.2) is 6.18 Å². The lowest BCUT2D eigenvalue weighted by Crippen LogP contribution is -2.01. The molecule has 0 radical (unpaired) electrons. The Morgan fingerprint density at radius 1 is 0.688 bits per heavy atom. The summed E-state index contributed by atoms with van der Waals surface area (Å²) < 4.78 is 79.9. The molecule has 0 fully saturated rings. The van der Waals surface area contributed by atoms with Crippen molar-refractivity contribution < 1.29 is 26.3 Å². The summed E-state index contributed by atoms with van der Waals surface area (Å²) in [4.78, 5) is 0. The lowest BCUT2D eigenvalue weighted by atomic mass is 9.98. The van der Waals surface area contributed by atoms with Crippen LogP contribution < -0.4 is 0 Å². The van der Waals surface area contributed by atoms with Crippen molar-refractivity contribution in [2.24, 2.45) is 0 Å². The molecule has 0 unspecified atom stereocenters. The first-order chi connectivity index (χ1) is 15.2. The molecule has 0 amide bonds. The van der Waals surface area contributed by atoms with Gasteiger partial charge in [0.15, 0.2) is 0 Å². The molecule has 0 heterocycles. The minimum atomic E-state index is -4.70. The maximum atomic E-state index is 14.7. The van der Waals surface area contributed by atoms with E-state index in [0.717, 1.165) is 36.1 Å². The SMILES string of the molecule is CCCc1ccc(CCc2ccc(-c3cc(F)c(/C=C/C(F)(F)F)c(F)c3)c(F)c2)cc1. The molecule has 32 heavy (non-hydrogen) atoms. The van der Waals surface area contributed by atoms with Crippen LogP contribution in [0.25, 0.3) is 17.2 Å². The molecule has 3 rings (SSSR count). The molecule has 0 N–H and O–H groups in total. The van der Waals surface area contributed by atoms with Crippen molar-refractivity contribution >= 4 is 6.08 Å². The fraction of sp³-hybridized carbons (Fsp3) is 0.231. The lowest BCUT2D eigenvalue weighted by Gasteiger charge is -2.09. The Hall–Kier alpha value is -3.02. The smallest absolute Gasteiger partial charge is 0.206 e. The van der Waals surface area contributed by atoms with E-state index in [2.05, 4.69) is 31.2 Å². The van der Waals surface area contributed by atoms with Crippen molar-refractivity contribution in [3.05, 3.63) is 100 Å². The molecule has 3 aromatic carbocycles. The second kappa shape index (κ2) is 10.1. The van der Waals surface area contributed by atoms with Crippen molar-refractivity contribution in [3.63, 3.8) is 0 Å². The highest BCUT2D eigenvalue weighted by atomic mass is 19.4. The standard InChI is InChI=1S/C26H22F6/c1-2-3-17-4-6-18(7-5-17)8-9-19-10-11-21(23(27)14-19)20-15-24(28)22(25(29)16-20)12-13-26(30,31)32/h4-7,10-16H,2-3,8-9H2,1H3/b13-12+. The molecule has 0 saturated carbocycles. The molecule has 6 heteroatoms. The van der Waals surface area contributed by atoms with Crippen LogP contribution in [0.2, 0.25) is 0 Å². The van der Waals surface area contributed by atoms with Gasteiger partial charge in [0.25, 0.3) is 0 Å². The van der Waals surface area contributed by atoms with Crippen molar-refractivity contribution in [2.75, 3.05) is 0 Å². The van der Waals surface area contributed by atoms with Gasteiger partial charge in [-0.25, -0.2) is 13.2 Å². The molecule has 0 atom stereocenters. The van der Waals surface area contributed by atoms with E-state index in [1.165, 1.54) is 17.7 Å². The van der Waals surface area contributed by atoms with E-state index in [-0.39, 0.29) is 17.2 Å². The van der Waals surface area contributed by atoms with Crippen LogP contribution >= 0.6 is 0 Å². The van der Waals surface area contributed by atoms with Crippen molar-refractivity contribution in [1.29, 1.82) is 0 Å². The summed E-state index contributed by atoms with van der Waals surface area (Å²) in [6.45, 7) is 2.12. The fourth-order valence-corrected chi connectivity index (χ4v) is 3.48. The van der Waals surface area contributed by atoms with Gasteiger partial charge in [-0.2, -0.15) is 13.2 Å².